The highest BCUT2D eigenvalue weighted by molar-refractivity contribution is 7.09. The first-order valence-electron chi connectivity index (χ1n) is 4.26. The predicted octanol–water partition coefficient (Wildman–Crippen LogP) is 1.80. The smallest absolute Gasteiger partial charge is 0.107 e. The van der Waals surface area contributed by atoms with Gasteiger partial charge in [-0.05, 0) is 13.5 Å². The van der Waals surface area contributed by atoms with Crippen molar-refractivity contribution < 1.29 is 0 Å². The van der Waals surface area contributed by atoms with Crippen molar-refractivity contribution in [3.63, 3.8) is 0 Å². The second kappa shape index (κ2) is 4.95. The van der Waals surface area contributed by atoms with Crippen molar-refractivity contribution in [1.29, 1.82) is 5.26 Å². The maximum Gasteiger partial charge on any atom is 0.107 e. The minimum atomic E-state index is 0.481. The van der Waals surface area contributed by atoms with Crippen LogP contribution in [0.3, 0.4) is 0 Å². The van der Waals surface area contributed by atoms with Crippen molar-refractivity contribution in [1.82, 2.24) is 9.88 Å². The van der Waals surface area contributed by atoms with Crippen LogP contribution in [0.1, 0.15) is 17.6 Å². The third-order valence-electron chi connectivity index (χ3n) is 1.77. The van der Waals surface area contributed by atoms with Gasteiger partial charge < -0.3 is 0 Å². The van der Waals surface area contributed by atoms with Gasteiger partial charge in [0.1, 0.15) is 5.01 Å². The molecule has 4 heteroatoms. The molecule has 0 fully saturated rings. The summed E-state index contributed by atoms with van der Waals surface area (Å²) in [6.45, 7) is 6.21. The number of aromatic nitrogens is 1. The number of nitriles is 1. The molecule has 1 aromatic rings. The van der Waals surface area contributed by atoms with Crippen LogP contribution in [0.5, 0.6) is 0 Å². The van der Waals surface area contributed by atoms with E-state index < -0.39 is 0 Å². The molecule has 70 valence electrons. The van der Waals surface area contributed by atoms with Crippen LogP contribution in [0, 0.1) is 18.3 Å². The van der Waals surface area contributed by atoms with Crippen LogP contribution >= 0.6 is 11.3 Å². The topological polar surface area (TPSA) is 39.9 Å². The lowest BCUT2D eigenvalue weighted by atomic mass is 10.5. The van der Waals surface area contributed by atoms with Gasteiger partial charge in [-0.2, -0.15) is 5.26 Å². The molecular formula is C9H13N3S. The van der Waals surface area contributed by atoms with E-state index in [1.54, 1.807) is 11.3 Å². The second-order valence-corrected chi connectivity index (χ2v) is 3.79. The van der Waals surface area contributed by atoms with Crippen molar-refractivity contribution >= 4 is 11.3 Å². The summed E-state index contributed by atoms with van der Waals surface area (Å²) in [5, 5.41) is 11.7. The van der Waals surface area contributed by atoms with Gasteiger partial charge in [0.2, 0.25) is 0 Å². The molecular weight excluding hydrogens is 182 g/mol. The number of aryl methyl sites for hydroxylation is 1. The molecule has 0 aliphatic heterocycles. The minimum Gasteiger partial charge on any atom is -0.284 e. The number of thiazole rings is 1. The fourth-order valence-corrected chi connectivity index (χ4v) is 1.86. The first-order valence-corrected chi connectivity index (χ1v) is 5.14. The Bertz CT molecular complexity index is 300. The zero-order chi connectivity index (χ0) is 9.68. The van der Waals surface area contributed by atoms with Crippen LogP contribution in [-0.2, 0) is 6.54 Å². The van der Waals surface area contributed by atoms with E-state index in [2.05, 4.69) is 22.9 Å². The highest BCUT2D eigenvalue weighted by Gasteiger charge is 2.05. The SMILES string of the molecule is CCN(CC#N)Cc1nc(C)cs1. The average Bonchev–Trinajstić information content (AvgIpc) is 2.50. The highest BCUT2D eigenvalue weighted by atomic mass is 32.1. The molecule has 0 atom stereocenters. The van der Waals surface area contributed by atoms with Gasteiger partial charge in [0, 0.05) is 11.1 Å². The Morgan fingerprint density at radius 3 is 2.92 bits per heavy atom. The third-order valence-corrected chi connectivity index (χ3v) is 2.72. The molecule has 1 heterocycles. The van der Waals surface area contributed by atoms with Crippen molar-refractivity contribution in [3.05, 3.63) is 16.1 Å². The number of hydrogen-bond donors (Lipinski definition) is 0. The Morgan fingerprint density at radius 1 is 1.69 bits per heavy atom. The zero-order valence-electron chi connectivity index (χ0n) is 7.95. The van der Waals surface area contributed by atoms with E-state index in [1.807, 2.05) is 12.3 Å². The average molecular weight is 195 g/mol. The normalized spacial score (nSPS) is 10.3. The van der Waals surface area contributed by atoms with E-state index in [0.717, 1.165) is 23.8 Å². The Kier molecular flexibility index (Phi) is 3.87. The quantitative estimate of drug-likeness (QED) is 0.688. The van der Waals surface area contributed by atoms with Crippen LogP contribution in [0.2, 0.25) is 0 Å². The Labute approximate surface area is 82.6 Å². The first-order chi connectivity index (χ1) is 6.26. The molecule has 0 saturated heterocycles. The second-order valence-electron chi connectivity index (χ2n) is 2.84. The zero-order valence-corrected chi connectivity index (χ0v) is 8.77. The van der Waals surface area contributed by atoms with Crippen molar-refractivity contribution in [2.24, 2.45) is 0 Å². The highest BCUT2D eigenvalue weighted by Crippen LogP contribution is 2.10. The van der Waals surface area contributed by atoms with Gasteiger partial charge in [-0.3, -0.25) is 4.90 Å². The standard InChI is InChI=1S/C9H13N3S/c1-3-12(5-4-10)6-9-11-8(2)7-13-9/h7H,3,5-6H2,1-2H3. The summed E-state index contributed by atoms with van der Waals surface area (Å²) < 4.78 is 0. The summed E-state index contributed by atoms with van der Waals surface area (Å²) in [5.74, 6) is 0. The Balaban J connectivity index is 2.52. The van der Waals surface area contributed by atoms with Gasteiger partial charge >= 0.3 is 0 Å². The molecule has 1 aromatic heterocycles. The number of rotatable bonds is 4. The molecule has 0 unspecified atom stereocenters. The molecule has 13 heavy (non-hydrogen) atoms. The van der Waals surface area contributed by atoms with Crippen LogP contribution in [0.25, 0.3) is 0 Å². The summed E-state index contributed by atoms with van der Waals surface area (Å²) in [4.78, 5) is 6.42. The first kappa shape index (κ1) is 10.2. The lowest BCUT2D eigenvalue weighted by molar-refractivity contribution is 0.314. The lowest BCUT2D eigenvalue weighted by Gasteiger charge is -2.13. The van der Waals surface area contributed by atoms with Gasteiger partial charge in [0.15, 0.2) is 0 Å². The summed E-state index contributed by atoms with van der Waals surface area (Å²) in [6, 6.07) is 2.15. The van der Waals surface area contributed by atoms with E-state index in [4.69, 9.17) is 5.26 Å². The third kappa shape index (κ3) is 3.13. The largest absolute Gasteiger partial charge is 0.284 e. The number of nitrogens with zero attached hydrogens (tertiary/aromatic N) is 3. The molecule has 0 amide bonds. The van der Waals surface area contributed by atoms with E-state index >= 15 is 0 Å². The molecule has 0 N–H and O–H groups in total. The van der Waals surface area contributed by atoms with Gasteiger partial charge in [-0.15, -0.1) is 11.3 Å². The van der Waals surface area contributed by atoms with Crippen LogP contribution in [0.4, 0.5) is 0 Å². The summed E-state index contributed by atoms with van der Waals surface area (Å²) >= 11 is 1.66. The molecule has 0 aromatic carbocycles. The van der Waals surface area contributed by atoms with E-state index in [0.29, 0.717) is 6.54 Å². The summed E-state index contributed by atoms with van der Waals surface area (Å²) in [7, 11) is 0. The van der Waals surface area contributed by atoms with E-state index in [-0.39, 0.29) is 0 Å². The molecule has 0 radical (unpaired) electrons. The van der Waals surface area contributed by atoms with Gasteiger partial charge in [0.25, 0.3) is 0 Å². The fourth-order valence-electron chi connectivity index (χ4n) is 1.05. The summed E-state index contributed by atoms with van der Waals surface area (Å²) in [6.07, 6.45) is 0. The van der Waals surface area contributed by atoms with Crippen LogP contribution in [-0.4, -0.2) is 23.0 Å². The molecule has 0 spiro atoms. The maximum atomic E-state index is 8.54. The van der Waals surface area contributed by atoms with E-state index in [1.165, 1.54) is 0 Å². The lowest BCUT2D eigenvalue weighted by Crippen LogP contribution is -2.22. The van der Waals surface area contributed by atoms with Gasteiger partial charge in [0.05, 0.1) is 19.2 Å². The molecule has 3 nitrogen and oxygen atoms in total. The van der Waals surface area contributed by atoms with Crippen molar-refractivity contribution in [2.45, 2.75) is 20.4 Å². The molecule has 0 saturated carbocycles. The van der Waals surface area contributed by atoms with Crippen LogP contribution in [0.15, 0.2) is 5.38 Å². The summed E-state index contributed by atoms with van der Waals surface area (Å²) in [5.41, 5.74) is 1.06. The van der Waals surface area contributed by atoms with E-state index in [9.17, 15) is 0 Å². The fraction of sp³-hybridized carbons (Fsp3) is 0.556. The minimum absolute atomic E-state index is 0.481. The predicted molar refractivity (Wildman–Crippen MR) is 53.4 cm³/mol. The molecule has 0 aliphatic rings. The number of hydrogen-bond acceptors (Lipinski definition) is 4. The molecule has 0 aliphatic carbocycles. The Hall–Kier alpha value is -0.920. The van der Waals surface area contributed by atoms with Gasteiger partial charge in [-0.25, -0.2) is 4.98 Å². The molecule has 0 bridgehead atoms. The molecule has 1 rings (SSSR count). The maximum absolute atomic E-state index is 8.54. The van der Waals surface area contributed by atoms with Crippen LogP contribution < -0.4 is 0 Å². The Morgan fingerprint density at radius 2 is 2.46 bits per heavy atom. The van der Waals surface area contributed by atoms with Gasteiger partial charge in [-0.1, -0.05) is 6.92 Å². The monoisotopic (exact) mass is 195 g/mol. The van der Waals surface area contributed by atoms with Crippen molar-refractivity contribution in [3.8, 4) is 6.07 Å². The van der Waals surface area contributed by atoms with Crippen molar-refractivity contribution in [2.75, 3.05) is 13.1 Å².